The van der Waals surface area contributed by atoms with Gasteiger partial charge in [-0.3, -0.25) is 4.79 Å². The van der Waals surface area contributed by atoms with Crippen molar-refractivity contribution in [2.75, 3.05) is 7.11 Å². The standard InChI is InChI=1S/C13H18ClN3O3/c1-13(2,11(15)17-19)12(18)16-7-8-9(14)5-4-6-10(8)20-3/h4-6,19H,7H2,1-3H3,(H2,15,17)(H,16,18). The van der Waals surface area contributed by atoms with Gasteiger partial charge in [-0.1, -0.05) is 22.8 Å². The van der Waals surface area contributed by atoms with E-state index in [1.54, 1.807) is 32.0 Å². The molecule has 1 rings (SSSR count). The lowest BCUT2D eigenvalue weighted by Gasteiger charge is -2.22. The van der Waals surface area contributed by atoms with Crippen molar-refractivity contribution in [2.24, 2.45) is 16.3 Å². The molecular weight excluding hydrogens is 282 g/mol. The van der Waals surface area contributed by atoms with Crippen molar-refractivity contribution in [3.05, 3.63) is 28.8 Å². The Bertz CT molecular complexity index is 530. The summed E-state index contributed by atoms with van der Waals surface area (Å²) in [5.74, 6) is 0.0373. The fraction of sp³-hybridized carbons (Fsp3) is 0.385. The van der Waals surface area contributed by atoms with E-state index >= 15 is 0 Å². The van der Waals surface area contributed by atoms with Crippen LogP contribution in [-0.2, 0) is 11.3 Å². The summed E-state index contributed by atoms with van der Waals surface area (Å²) in [6, 6.07) is 5.22. The Labute approximate surface area is 122 Å². The van der Waals surface area contributed by atoms with E-state index in [1.165, 1.54) is 7.11 Å². The highest BCUT2D eigenvalue weighted by atomic mass is 35.5. The summed E-state index contributed by atoms with van der Waals surface area (Å²) in [6.45, 7) is 3.30. The van der Waals surface area contributed by atoms with Crippen molar-refractivity contribution in [3.8, 4) is 5.75 Å². The third-order valence-corrected chi connectivity index (χ3v) is 3.39. The molecule has 20 heavy (non-hydrogen) atoms. The summed E-state index contributed by atoms with van der Waals surface area (Å²) in [7, 11) is 1.53. The van der Waals surface area contributed by atoms with Crippen LogP contribution in [0, 0.1) is 5.41 Å². The first-order valence-corrected chi connectivity index (χ1v) is 6.30. The van der Waals surface area contributed by atoms with E-state index in [-0.39, 0.29) is 18.3 Å². The van der Waals surface area contributed by atoms with Gasteiger partial charge in [-0.25, -0.2) is 0 Å². The highest BCUT2D eigenvalue weighted by Crippen LogP contribution is 2.26. The fourth-order valence-corrected chi connectivity index (χ4v) is 1.77. The monoisotopic (exact) mass is 299 g/mol. The molecule has 1 amide bonds. The molecule has 6 nitrogen and oxygen atoms in total. The lowest BCUT2D eigenvalue weighted by Crippen LogP contribution is -2.45. The zero-order valence-electron chi connectivity index (χ0n) is 11.6. The zero-order chi connectivity index (χ0) is 15.3. The first kappa shape index (κ1) is 16.1. The van der Waals surface area contributed by atoms with Crippen LogP contribution in [0.15, 0.2) is 23.4 Å². The molecule has 0 atom stereocenters. The van der Waals surface area contributed by atoms with E-state index in [1.807, 2.05) is 0 Å². The van der Waals surface area contributed by atoms with Crippen LogP contribution in [-0.4, -0.2) is 24.1 Å². The Morgan fingerprint density at radius 1 is 1.55 bits per heavy atom. The van der Waals surface area contributed by atoms with Gasteiger partial charge in [0, 0.05) is 17.1 Å². The SMILES string of the molecule is COc1cccc(Cl)c1CNC(=O)C(C)(C)/C(N)=N/O. The van der Waals surface area contributed by atoms with Crippen LogP contribution in [0.4, 0.5) is 0 Å². The number of nitrogens with one attached hydrogen (secondary N) is 1. The molecule has 0 saturated carbocycles. The van der Waals surface area contributed by atoms with E-state index in [0.717, 1.165) is 0 Å². The van der Waals surface area contributed by atoms with Crippen molar-refractivity contribution in [1.29, 1.82) is 0 Å². The van der Waals surface area contributed by atoms with E-state index in [2.05, 4.69) is 10.5 Å². The Hall–Kier alpha value is -1.95. The van der Waals surface area contributed by atoms with Crippen LogP contribution >= 0.6 is 11.6 Å². The number of methoxy groups -OCH3 is 1. The van der Waals surface area contributed by atoms with Crippen LogP contribution < -0.4 is 15.8 Å². The smallest absolute Gasteiger partial charge is 0.233 e. The summed E-state index contributed by atoms with van der Waals surface area (Å²) < 4.78 is 5.19. The molecule has 0 spiro atoms. The minimum atomic E-state index is -1.12. The molecule has 0 fully saturated rings. The van der Waals surface area contributed by atoms with Gasteiger partial charge in [0.05, 0.1) is 7.11 Å². The minimum Gasteiger partial charge on any atom is -0.496 e. The molecule has 0 radical (unpaired) electrons. The van der Waals surface area contributed by atoms with Gasteiger partial charge in [0.25, 0.3) is 0 Å². The number of hydrogen-bond donors (Lipinski definition) is 3. The number of oxime groups is 1. The molecule has 0 aromatic heterocycles. The van der Waals surface area contributed by atoms with Crippen LogP contribution in [0.2, 0.25) is 5.02 Å². The van der Waals surface area contributed by atoms with Crippen molar-refractivity contribution in [3.63, 3.8) is 0 Å². The number of nitrogens with two attached hydrogens (primary N) is 1. The minimum absolute atomic E-state index is 0.166. The predicted octanol–water partition coefficient (Wildman–Crippen LogP) is 1.74. The predicted molar refractivity (Wildman–Crippen MR) is 77.0 cm³/mol. The third-order valence-electron chi connectivity index (χ3n) is 3.04. The quantitative estimate of drug-likeness (QED) is 0.334. The van der Waals surface area contributed by atoms with Crippen molar-refractivity contribution in [2.45, 2.75) is 20.4 Å². The molecule has 110 valence electrons. The first-order valence-electron chi connectivity index (χ1n) is 5.92. The molecule has 1 aromatic carbocycles. The lowest BCUT2D eigenvalue weighted by molar-refractivity contribution is -0.126. The van der Waals surface area contributed by atoms with Gasteiger partial charge in [-0.05, 0) is 26.0 Å². The average Bonchev–Trinajstić information content (AvgIpc) is 2.44. The van der Waals surface area contributed by atoms with E-state index in [4.69, 9.17) is 27.3 Å². The number of benzene rings is 1. The number of ether oxygens (including phenoxy) is 1. The largest absolute Gasteiger partial charge is 0.496 e. The Balaban J connectivity index is 2.86. The number of amidine groups is 1. The highest BCUT2D eigenvalue weighted by Gasteiger charge is 2.32. The molecule has 0 heterocycles. The Morgan fingerprint density at radius 2 is 2.20 bits per heavy atom. The van der Waals surface area contributed by atoms with E-state index < -0.39 is 5.41 Å². The van der Waals surface area contributed by atoms with Gasteiger partial charge < -0.3 is 21.0 Å². The van der Waals surface area contributed by atoms with Gasteiger partial charge >= 0.3 is 0 Å². The average molecular weight is 300 g/mol. The van der Waals surface area contributed by atoms with Gasteiger partial charge in [0.15, 0.2) is 5.84 Å². The summed E-state index contributed by atoms with van der Waals surface area (Å²) in [5, 5.41) is 14.7. The molecule has 7 heteroatoms. The molecule has 0 aliphatic rings. The van der Waals surface area contributed by atoms with Crippen LogP contribution in [0.1, 0.15) is 19.4 Å². The molecule has 0 aliphatic carbocycles. The summed E-state index contributed by atoms with van der Waals surface area (Å²) >= 11 is 6.08. The topological polar surface area (TPSA) is 96.9 Å². The van der Waals surface area contributed by atoms with Crippen molar-refractivity contribution >= 4 is 23.3 Å². The van der Waals surface area contributed by atoms with Crippen LogP contribution in [0.25, 0.3) is 0 Å². The first-order chi connectivity index (χ1) is 9.34. The van der Waals surface area contributed by atoms with Gasteiger partial charge in [-0.2, -0.15) is 0 Å². The summed E-state index contributed by atoms with van der Waals surface area (Å²) in [5.41, 5.74) is 5.04. The molecule has 0 saturated heterocycles. The van der Waals surface area contributed by atoms with Crippen LogP contribution in [0.5, 0.6) is 5.75 Å². The van der Waals surface area contributed by atoms with Crippen LogP contribution in [0.3, 0.4) is 0 Å². The second-order valence-corrected chi connectivity index (χ2v) is 5.12. The van der Waals surface area contributed by atoms with E-state index in [9.17, 15) is 4.79 Å². The highest BCUT2D eigenvalue weighted by molar-refractivity contribution is 6.31. The Kier molecular flexibility index (Phi) is 5.21. The molecule has 0 aliphatic heterocycles. The number of carbonyl (C=O) groups is 1. The van der Waals surface area contributed by atoms with Gasteiger partial charge in [0.2, 0.25) is 5.91 Å². The molecule has 0 unspecified atom stereocenters. The maximum Gasteiger partial charge on any atom is 0.233 e. The lowest BCUT2D eigenvalue weighted by atomic mass is 9.91. The fourth-order valence-electron chi connectivity index (χ4n) is 1.53. The molecular formula is C13H18ClN3O3. The molecule has 0 bridgehead atoms. The Morgan fingerprint density at radius 3 is 2.75 bits per heavy atom. The summed E-state index contributed by atoms with van der Waals surface area (Å²) in [6.07, 6.45) is 0. The number of carbonyl (C=O) groups excluding carboxylic acids is 1. The molecule has 1 aromatic rings. The number of rotatable bonds is 5. The zero-order valence-corrected chi connectivity index (χ0v) is 12.4. The summed E-state index contributed by atoms with van der Waals surface area (Å²) in [4.78, 5) is 12.1. The van der Waals surface area contributed by atoms with Gasteiger partial charge in [-0.15, -0.1) is 0 Å². The van der Waals surface area contributed by atoms with Crippen molar-refractivity contribution in [1.82, 2.24) is 5.32 Å². The second-order valence-electron chi connectivity index (χ2n) is 4.71. The molecule has 4 N–H and O–H groups in total. The normalized spacial score (nSPS) is 12.1. The number of hydrogen-bond acceptors (Lipinski definition) is 4. The maximum absolute atomic E-state index is 12.1. The van der Waals surface area contributed by atoms with E-state index in [0.29, 0.717) is 16.3 Å². The maximum atomic E-state index is 12.1. The second kappa shape index (κ2) is 6.47. The number of amides is 1. The van der Waals surface area contributed by atoms with Gasteiger partial charge in [0.1, 0.15) is 11.2 Å². The number of halogens is 1. The third kappa shape index (κ3) is 3.33. The number of nitrogens with zero attached hydrogens (tertiary/aromatic N) is 1. The van der Waals surface area contributed by atoms with Crippen molar-refractivity contribution < 1.29 is 14.7 Å².